The summed E-state index contributed by atoms with van der Waals surface area (Å²) in [5.74, 6) is -2.94. The number of rotatable bonds is 5. The molecule has 2 aromatic carbocycles. The van der Waals surface area contributed by atoms with E-state index in [9.17, 15) is 35.6 Å². The largest absolute Gasteiger partial charge is 0.573 e. The molecule has 1 fully saturated rings. The van der Waals surface area contributed by atoms with Gasteiger partial charge in [0.05, 0.1) is 4.90 Å². The van der Waals surface area contributed by atoms with Gasteiger partial charge in [-0.1, -0.05) is 6.07 Å². The van der Waals surface area contributed by atoms with Crippen LogP contribution in [0.1, 0.15) is 23.2 Å². The molecule has 8 nitrogen and oxygen atoms in total. The summed E-state index contributed by atoms with van der Waals surface area (Å²) in [4.78, 5) is 23.9. The first kappa shape index (κ1) is 24.5. The Hall–Kier alpha value is -3.19. The minimum atomic E-state index is -4.96. The van der Waals surface area contributed by atoms with Crippen molar-refractivity contribution in [2.45, 2.75) is 24.1 Å². The van der Waals surface area contributed by atoms with Gasteiger partial charge in [0.2, 0.25) is 15.9 Å². The molecule has 1 saturated heterocycles. The Morgan fingerprint density at radius 1 is 1.00 bits per heavy atom. The second-order valence-corrected chi connectivity index (χ2v) is 9.09. The summed E-state index contributed by atoms with van der Waals surface area (Å²) >= 11 is 0. The van der Waals surface area contributed by atoms with E-state index < -0.39 is 45.7 Å². The van der Waals surface area contributed by atoms with Crippen LogP contribution >= 0.6 is 0 Å². The zero-order valence-corrected chi connectivity index (χ0v) is 17.7. The van der Waals surface area contributed by atoms with Crippen molar-refractivity contribution in [1.29, 1.82) is 0 Å². The molecule has 0 spiro atoms. The van der Waals surface area contributed by atoms with Gasteiger partial charge in [-0.05, 0) is 49.2 Å². The highest BCUT2D eigenvalue weighted by molar-refractivity contribution is 7.89. The predicted molar refractivity (Wildman–Crippen MR) is 107 cm³/mol. The van der Waals surface area contributed by atoms with Gasteiger partial charge in [-0.25, -0.2) is 12.8 Å². The first-order chi connectivity index (χ1) is 15.5. The first-order valence-electron chi connectivity index (χ1n) is 9.67. The fraction of sp³-hybridized carbons (Fsp3) is 0.300. The summed E-state index contributed by atoms with van der Waals surface area (Å²) in [7, 11) is -4.10. The van der Waals surface area contributed by atoms with Crippen LogP contribution in [0.2, 0.25) is 0 Å². The molecule has 3 rings (SSSR count). The molecule has 2 aromatic rings. The molecule has 0 aromatic heterocycles. The highest BCUT2D eigenvalue weighted by Crippen LogP contribution is 2.28. The Kier molecular flexibility index (Phi) is 7.22. The molecule has 33 heavy (non-hydrogen) atoms. The maximum absolute atomic E-state index is 12.9. The molecule has 2 amide bonds. The molecule has 13 heteroatoms. The number of hydrazine groups is 1. The molecule has 0 unspecified atom stereocenters. The smallest absolute Gasteiger partial charge is 0.406 e. The van der Waals surface area contributed by atoms with Crippen LogP contribution in [0.4, 0.5) is 17.6 Å². The van der Waals surface area contributed by atoms with Crippen LogP contribution in [-0.2, 0) is 14.8 Å². The third-order valence-electron chi connectivity index (χ3n) is 4.91. The number of nitrogens with zero attached hydrogens (tertiary/aromatic N) is 1. The fourth-order valence-corrected chi connectivity index (χ4v) is 4.74. The van der Waals surface area contributed by atoms with E-state index >= 15 is 0 Å². The molecule has 0 radical (unpaired) electrons. The predicted octanol–water partition coefficient (Wildman–Crippen LogP) is 2.59. The average molecular weight is 489 g/mol. The lowest BCUT2D eigenvalue weighted by Gasteiger charge is -2.30. The molecule has 0 saturated carbocycles. The summed E-state index contributed by atoms with van der Waals surface area (Å²) in [5, 5.41) is 0. The number of carbonyl (C=O) groups excluding carboxylic acids is 2. The van der Waals surface area contributed by atoms with E-state index in [4.69, 9.17) is 0 Å². The van der Waals surface area contributed by atoms with Gasteiger partial charge in [-0.2, -0.15) is 4.31 Å². The van der Waals surface area contributed by atoms with Crippen LogP contribution < -0.4 is 15.6 Å². The van der Waals surface area contributed by atoms with Crippen molar-refractivity contribution in [2.24, 2.45) is 5.92 Å². The number of ether oxygens (including phenoxy) is 1. The highest BCUT2D eigenvalue weighted by atomic mass is 32.2. The summed E-state index contributed by atoms with van der Waals surface area (Å²) in [6.45, 7) is -0.0899. The lowest BCUT2D eigenvalue weighted by atomic mass is 9.98. The lowest BCUT2D eigenvalue weighted by Crippen LogP contribution is -2.48. The van der Waals surface area contributed by atoms with E-state index in [-0.39, 0.29) is 36.4 Å². The Morgan fingerprint density at radius 3 is 2.24 bits per heavy atom. The number of nitrogens with one attached hydrogen (secondary N) is 2. The molecule has 0 aliphatic carbocycles. The monoisotopic (exact) mass is 489 g/mol. The Balaban J connectivity index is 1.55. The van der Waals surface area contributed by atoms with Crippen molar-refractivity contribution >= 4 is 21.8 Å². The molecular formula is C20H19F4N3O5S. The van der Waals surface area contributed by atoms with Gasteiger partial charge >= 0.3 is 6.36 Å². The van der Waals surface area contributed by atoms with Gasteiger partial charge in [0.25, 0.3) is 5.91 Å². The minimum absolute atomic E-state index is 0.0450. The topological polar surface area (TPSA) is 105 Å². The molecule has 0 atom stereocenters. The van der Waals surface area contributed by atoms with Crippen molar-refractivity contribution in [3.63, 3.8) is 0 Å². The number of amides is 2. The van der Waals surface area contributed by atoms with Gasteiger partial charge in [0.15, 0.2) is 0 Å². The standard InChI is InChI=1S/C20H19F4N3O5S/c21-15-6-4-13(5-7-15)18(28)25-26-19(29)14-8-10-27(11-9-14)33(30,31)17-3-1-2-16(12-17)32-20(22,23)24/h1-7,12,14H,8-11H2,(H,25,28)(H,26,29). The number of alkyl halides is 3. The van der Waals surface area contributed by atoms with E-state index in [1.807, 2.05) is 0 Å². The van der Waals surface area contributed by atoms with E-state index in [1.54, 1.807) is 0 Å². The van der Waals surface area contributed by atoms with E-state index in [0.29, 0.717) is 0 Å². The normalized spacial score (nSPS) is 15.6. The minimum Gasteiger partial charge on any atom is -0.406 e. The summed E-state index contributed by atoms with van der Waals surface area (Å²) in [5.41, 5.74) is 4.60. The van der Waals surface area contributed by atoms with Crippen molar-refractivity contribution in [3.05, 3.63) is 59.9 Å². The second kappa shape index (κ2) is 9.75. The number of benzene rings is 2. The average Bonchev–Trinajstić information content (AvgIpc) is 2.77. The van der Waals surface area contributed by atoms with Gasteiger partial charge in [0.1, 0.15) is 11.6 Å². The van der Waals surface area contributed by atoms with Crippen LogP contribution in [0.15, 0.2) is 53.4 Å². The quantitative estimate of drug-likeness (QED) is 0.496. The summed E-state index contributed by atoms with van der Waals surface area (Å²) < 4.78 is 80.5. The van der Waals surface area contributed by atoms with E-state index in [1.165, 1.54) is 12.1 Å². The Labute approximate surface area is 186 Å². The summed E-state index contributed by atoms with van der Waals surface area (Å²) in [6, 6.07) is 8.75. The number of hydrogen-bond acceptors (Lipinski definition) is 5. The molecule has 1 aliphatic heterocycles. The Bertz CT molecular complexity index is 1120. The molecule has 0 bridgehead atoms. The van der Waals surface area contributed by atoms with Crippen molar-refractivity contribution in [2.75, 3.05) is 13.1 Å². The van der Waals surface area contributed by atoms with Crippen LogP contribution in [0.5, 0.6) is 5.75 Å². The maximum atomic E-state index is 12.9. The van der Waals surface area contributed by atoms with Crippen LogP contribution in [0.25, 0.3) is 0 Å². The van der Waals surface area contributed by atoms with Crippen LogP contribution in [0.3, 0.4) is 0 Å². The maximum Gasteiger partial charge on any atom is 0.573 e. The highest BCUT2D eigenvalue weighted by Gasteiger charge is 2.34. The number of piperidine rings is 1. The van der Waals surface area contributed by atoms with Crippen molar-refractivity contribution in [3.8, 4) is 5.75 Å². The number of hydrogen-bond donors (Lipinski definition) is 2. The third-order valence-corrected chi connectivity index (χ3v) is 6.80. The fourth-order valence-electron chi connectivity index (χ4n) is 3.23. The zero-order valence-electron chi connectivity index (χ0n) is 16.9. The molecule has 1 heterocycles. The molecule has 178 valence electrons. The van der Waals surface area contributed by atoms with Crippen molar-refractivity contribution in [1.82, 2.24) is 15.2 Å². The lowest BCUT2D eigenvalue weighted by molar-refractivity contribution is -0.274. The second-order valence-electron chi connectivity index (χ2n) is 7.15. The molecular weight excluding hydrogens is 470 g/mol. The van der Waals surface area contributed by atoms with E-state index in [0.717, 1.165) is 40.7 Å². The van der Waals surface area contributed by atoms with Crippen molar-refractivity contribution < 1.29 is 40.3 Å². The molecule has 2 N–H and O–H groups in total. The number of sulfonamides is 1. The number of carbonyl (C=O) groups is 2. The van der Waals surface area contributed by atoms with Gasteiger partial charge in [0, 0.05) is 30.6 Å². The third kappa shape index (κ3) is 6.42. The van der Waals surface area contributed by atoms with Gasteiger partial charge < -0.3 is 4.74 Å². The number of halogens is 4. The molecule has 1 aliphatic rings. The van der Waals surface area contributed by atoms with E-state index in [2.05, 4.69) is 15.6 Å². The van der Waals surface area contributed by atoms with Gasteiger partial charge in [-0.15, -0.1) is 13.2 Å². The van der Waals surface area contributed by atoms with Gasteiger partial charge in [-0.3, -0.25) is 20.4 Å². The Morgan fingerprint density at radius 2 is 1.64 bits per heavy atom. The zero-order chi connectivity index (χ0) is 24.2. The summed E-state index contributed by atoms with van der Waals surface area (Å²) in [6.07, 6.45) is -4.69. The van der Waals surface area contributed by atoms with Crippen LogP contribution in [0, 0.1) is 11.7 Å². The SMILES string of the molecule is O=C(NNC(=O)C1CCN(S(=O)(=O)c2cccc(OC(F)(F)F)c2)CC1)c1ccc(F)cc1. The first-order valence-corrected chi connectivity index (χ1v) is 11.1. The van der Waals surface area contributed by atoms with Crippen LogP contribution in [-0.4, -0.2) is 44.0 Å².